The first-order chi connectivity index (χ1) is 8.82. The van der Waals surface area contributed by atoms with E-state index in [9.17, 15) is 0 Å². The van der Waals surface area contributed by atoms with Crippen LogP contribution in [-0.2, 0) is 15.7 Å². The Morgan fingerprint density at radius 1 is 1.11 bits per heavy atom. The van der Waals surface area contributed by atoms with Crippen LogP contribution in [0.2, 0.25) is 0 Å². The topological polar surface area (TPSA) is 27.7 Å². The van der Waals surface area contributed by atoms with E-state index in [0.717, 1.165) is 24.2 Å². The summed E-state index contributed by atoms with van der Waals surface area (Å²) in [6.45, 7) is 9.09. The van der Waals surface area contributed by atoms with Crippen LogP contribution in [0.5, 0.6) is 5.75 Å². The summed E-state index contributed by atoms with van der Waals surface area (Å²) in [5.74, 6) is 1.00. The van der Waals surface area contributed by atoms with Crippen molar-refractivity contribution in [2.45, 2.75) is 45.3 Å². The van der Waals surface area contributed by atoms with Crippen molar-refractivity contribution in [3.05, 3.63) is 21.3 Å². The minimum Gasteiger partial charge on any atom is -0.493 e. The summed E-state index contributed by atoms with van der Waals surface area (Å²) in [5.41, 5.74) is 1.81. The third-order valence-corrected chi connectivity index (χ3v) is 5.62. The molecule has 1 aromatic rings. The standard InChI is InChI=1S/C14H18BIO3/c1-13(2)14(3,4)19-15(18-13)10-5-6-11-9(12(10)16)7-8-17-11/h5-6H,7-8H2,1-4H3. The van der Waals surface area contributed by atoms with Gasteiger partial charge in [0.05, 0.1) is 17.8 Å². The van der Waals surface area contributed by atoms with Crippen molar-refractivity contribution < 1.29 is 14.0 Å². The highest BCUT2D eigenvalue weighted by molar-refractivity contribution is 14.1. The van der Waals surface area contributed by atoms with Crippen LogP contribution >= 0.6 is 22.6 Å². The molecule has 0 atom stereocenters. The minimum absolute atomic E-state index is 0.289. The van der Waals surface area contributed by atoms with Gasteiger partial charge in [0.25, 0.3) is 0 Å². The normalized spacial score (nSPS) is 23.3. The molecule has 0 N–H and O–H groups in total. The van der Waals surface area contributed by atoms with E-state index in [1.54, 1.807) is 0 Å². The summed E-state index contributed by atoms with van der Waals surface area (Å²) >= 11 is 2.38. The van der Waals surface area contributed by atoms with Crippen molar-refractivity contribution in [2.75, 3.05) is 6.61 Å². The van der Waals surface area contributed by atoms with E-state index in [-0.39, 0.29) is 18.3 Å². The van der Waals surface area contributed by atoms with E-state index in [2.05, 4.69) is 56.4 Å². The highest BCUT2D eigenvalue weighted by Gasteiger charge is 2.52. The predicted molar refractivity (Wildman–Crippen MR) is 84.1 cm³/mol. The highest BCUT2D eigenvalue weighted by Crippen LogP contribution is 2.37. The maximum Gasteiger partial charge on any atom is 0.495 e. The molecule has 3 rings (SSSR count). The summed E-state index contributed by atoms with van der Waals surface area (Å²) in [6, 6.07) is 4.10. The third kappa shape index (κ3) is 2.10. The lowest BCUT2D eigenvalue weighted by atomic mass is 9.78. The van der Waals surface area contributed by atoms with Crippen molar-refractivity contribution in [3.8, 4) is 5.75 Å². The molecule has 102 valence electrons. The van der Waals surface area contributed by atoms with Crippen LogP contribution in [0.25, 0.3) is 0 Å². The van der Waals surface area contributed by atoms with Gasteiger partial charge >= 0.3 is 7.12 Å². The molecule has 1 fully saturated rings. The van der Waals surface area contributed by atoms with Gasteiger partial charge in [-0.3, -0.25) is 0 Å². The van der Waals surface area contributed by atoms with Gasteiger partial charge in [-0.1, -0.05) is 6.07 Å². The maximum atomic E-state index is 6.12. The van der Waals surface area contributed by atoms with E-state index in [1.807, 2.05) is 6.07 Å². The number of benzene rings is 1. The van der Waals surface area contributed by atoms with E-state index >= 15 is 0 Å². The lowest BCUT2D eigenvalue weighted by Crippen LogP contribution is -2.41. The Balaban J connectivity index is 1.97. The summed E-state index contributed by atoms with van der Waals surface area (Å²) in [4.78, 5) is 0. The number of rotatable bonds is 1. The van der Waals surface area contributed by atoms with Crippen LogP contribution in [0.15, 0.2) is 12.1 Å². The van der Waals surface area contributed by atoms with Gasteiger partial charge in [-0.2, -0.15) is 0 Å². The van der Waals surface area contributed by atoms with Gasteiger partial charge in [0.2, 0.25) is 0 Å². The second kappa shape index (κ2) is 4.36. The Kier molecular flexibility index (Phi) is 3.15. The van der Waals surface area contributed by atoms with Gasteiger partial charge in [0, 0.05) is 15.6 Å². The van der Waals surface area contributed by atoms with Gasteiger partial charge in [-0.05, 0) is 61.8 Å². The quantitative estimate of drug-likeness (QED) is 0.560. The number of hydrogen-bond acceptors (Lipinski definition) is 3. The average Bonchev–Trinajstić information content (AvgIpc) is 2.83. The molecule has 0 aromatic heterocycles. The average molecular weight is 372 g/mol. The third-order valence-electron chi connectivity index (χ3n) is 4.35. The van der Waals surface area contributed by atoms with Crippen molar-refractivity contribution >= 4 is 35.2 Å². The predicted octanol–water partition coefficient (Wildman–Crippen LogP) is 2.53. The summed E-state index contributed by atoms with van der Waals surface area (Å²) < 4.78 is 19.1. The van der Waals surface area contributed by atoms with Gasteiger partial charge in [-0.15, -0.1) is 0 Å². The molecule has 5 heteroatoms. The molecule has 0 amide bonds. The molecule has 2 heterocycles. The van der Waals surface area contributed by atoms with E-state index < -0.39 is 0 Å². The molecular weight excluding hydrogens is 354 g/mol. The molecule has 2 aliphatic heterocycles. The van der Waals surface area contributed by atoms with Crippen molar-refractivity contribution in [1.82, 2.24) is 0 Å². The van der Waals surface area contributed by atoms with Crippen LogP contribution in [0.1, 0.15) is 33.3 Å². The number of fused-ring (bicyclic) bond motifs is 1. The van der Waals surface area contributed by atoms with Gasteiger partial charge in [0.1, 0.15) is 5.75 Å². The zero-order chi connectivity index (χ0) is 13.8. The van der Waals surface area contributed by atoms with E-state index in [1.165, 1.54) is 9.13 Å². The molecule has 19 heavy (non-hydrogen) atoms. The second-order valence-corrected chi connectivity index (χ2v) is 7.21. The Morgan fingerprint density at radius 3 is 2.37 bits per heavy atom. The van der Waals surface area contributed by atoms with Crippen LogP contribution in [0.4, 0.5) is 0 Å². The smallest absolute Gasteiger partial charge is 0.493 e. The fourth-order valence-electron chi connectivity index (χ4n) is 2.40. The molecule has 0 saturated carbocycles. The zero-order valence-electron chi connectivity index (χ0n) is 11.7. The fourth-order valence-corrected chi connectivity index (χ4v) is 3.37. The van der Waals surface area contributed by atoms with Crippen molar-refractivity contribution in [1.29, 1.82) is 0 Å². The maximum absolute atomic E-state index is 6.12. The second-order valence-electron chi connectivity index (χ2n) is 6.13. The summed E-state index contributed by atoms with van der Waals surface area (Å²) in [6.07, 6.45) is 0.973. The fraction of sp³-hybridized carbons (Fsp3) is 0.571. The Labute approximate surface area is 128 Å². The minimum atomic E-state index is -0.295. The lowest BCUT2D eigenvalue weighted by molar-refractivity contribution is 0.00578. The zero-order valence-corrected chi connectivity index (χ0v) is 13.9. The first kappa shape index (κ1) is 13.7. The monoisotopic (exact) mass is 372 g/mol. The van der Waals surface area contributed by atoms with Crippen LogP contribution in [-0.4, -0.2) is 24.9 Å². The summed E-state index contributed by atoms with van der Waals surface area (Å²) in [5, 5.41) is 0. The molecule has 1 saturated heterocycles. The molecule has 2 aliphatic rings. The molecule has 0 radical (unpaired) electrons. The van der Waals surface area contributed by atoms with Crippen molar-refractivity contribution in [2.24, 2.45) is 0 Å². The largest absolute Gasteiger partial charge is 0.495 e. The van der Waals surface area contributed by atoms with Crippen LogP contribution in [0, 0.1) is 3.57 Å². The molecule has 0 unspecified atom stereocenters. The van der Waals surface area contributed by atoms with Crippen LogP contribution in [0.3, 0.4) is 0 Å². The SMILES string of the molecule is CC1(C)OB(c2ccc3c(c2I)CCO3)OC1(C)C. The Morgan fingerprint density at radius 2 is 1.74 bits per heavy atom. The first-order valence-corrected chi connectivity index (χ1v) is 7.69. The lowest BCUT2D eigenvalue weighted by Gasteiger charge is -2.32. The van der Waals surface area contributed by atoms with E-state index in [0.29, 0.717) is 0 Å². The molecule has 0 bridgehead atoms. The number of halogens is 1. The molecule has 0 spiro atoms. The van der Waals surface area contributed by atoms with Gasteiger partial charge in [0.15, 0.2) is 0 Å². The molecular formula is C14H18BIO3. The Bertz CT molecular complexity index is 512. The van der Waals surface area contributed by atoms with E-state index in [4.69, 9.17) is 14.0 Å². The first-order valence-electron chi connectivity index (χ1n) is 6.61. The van der Waals surface area contributed by atoms with Crippen LogP contribution < -0.4 is 10.2 Å². The number of ether oxygens (including phenoxy) is 1. The van der Waals surface area contributed by atoms with Crippen molar-refractivity contribution in [3.63, 3.8) is 0 Å². The highest BCUT2D eigenvalue weighted by atomic mass is 127. The molecule has 3 nitrogen and oxygen atoms in total. The van der Waals surface area contributed by atoms with Gasteiger partial charge < -0.3 is 14.0 Å². The number of hydrogen-bond donors (Lipinski definition) is 0. The molecule has 0 aliphatic carbocycles. The van der Waals surface area contributed by atoms with Gasteiger partial charge in [-0.25, -0.2) is 0 Å². The summed E-state index contributed by atoms with van der Waals surface area (Å²) in [7, 11) is -0.289. The Hall–Kier alpha value is -0.265. The molecule has 1 aromatic carbocycles.